The number of nitrogens with zero attached hydrogens (tertiary/aromatic N) is 2. The molecule has 7 nitrogen and oxygen atoms in total. The van der Waals surface area contributed by atoms with Gasteiger partial charge in [0.25, 0.3) is 5.91 Å². The zero-order valence-corrected chi connectivity index (χ0v) is 15.1. The lowest BCUT2D eigenvalue weighted by molar-refractivity contribution is -0.138. The molecule has 1 aliphatic heterocycles. The van der Waals surface area contributed by atoms with Crippen LogP contribution in [0.2, 0.25) is 0 Å². The first-order chi connectivity index (χ1) is 13.1. The van der Waals surface area contributed by atoms with Crippen molar-refractivity contribution in [2.45, 2.75) is 12.1 Å². The molecular weight excluding hydrogens is 348 g/mol. The molecule has 1 aliphatic rings. The quantitative estimate of drug-likeness (QED) is 0.425. The molecule has 1 heterocycles. The highest BCUT2D eigenvalue weighted by molar-refractivity contribution is 6.11. The Labute approximate surface area is 157 Å². The number of amides is 1. The van der Waals surface area contributed by atoms with Crippen LogP contribution in [0.5, 0.6) is 11.5 Å². The molecule has 2 aromatic carbocycles. The fourth-order valence-electron chi connectivity index (χ4n) is 2.74. The Bertz CT molecular complexity index is 820. The van der Waals surface area contributed by atoms with Crippen molar-refractivity contribution in [1.82, 2.24) is 0 Å². The summed E-state index contributed by atoms with van der Waals surface area (Å²) in [5, 5.41) is 0. The molecule has 0 radical (unpaired) electrons. The number of esters is 1. The van der Waals surface area contributed by atoms with E-state index in [1.54, 1.807) is 54.6 Å². The van der Waals surface area contributed by atoms with E-state index in [9.17, 15) is 9.59 Å². The van der Waals surface area contributed by atoms with Crippen molar-refractivity contribution < 1.29 is 23.8 Å². The highest BCUT2D eigenvalue weighted by Gasteiger charge is 2.49. The molecule has 140 valence electrons. The first kappa shape index (κ1) is 18.4. The number of para-hydroxylation sites is 1. The van der Waals surface area contributed by atoms with E-state index in [0.29, 0.717) is 17.2 Å². The van der Waals surface area contributed by atoms with Crippen LogP contribution in [0.15, 0.2) is 59.6 Å². The van der Waals surface area contributed by atoms with Gasteiger partial charge in [-0.25, -0.2) is 0 Å². The molecule has 1 saturated heterocycles. The van der Waals surface area contributed by atoms with Gasteiger partial charge >= 0.3 is 5.97 Å². The third kappa shape index (κ3) is 4.08. The van der Waals surface area contributed by atoms with Crippen molar-refractivity contribution >= 4 is 23.8 Å². The van der Waals surface area contributed by atoms with Crippen molar-refractivity contribution in [2.24, 2.45) is 4.99 Å². The molecular formula is C20H20N2O5. The summed E-state index contributed by atoms with van der Waals surface area (Å²) in [6.45, 7) is -0.115. The number of aliphatic imine (C=N–C) groups is 1. The minimum Gasteiger partial charge on any atom is -0.497 e. The van der Waals surface area contributed by atoms with Crippen LogP contribution in [0, 0.1) is 0 Å². The molecule has 1 fully saturated rings. The Morgan fingerprint density at radius 1 is 1.07 bits per heavy atom. The first-order valence-electron chi connectivity index (χ1n) is 8.39. The van der Waals surface area contributed by atoms with E-state index in [-0.39, 0.29) is 12.5 Å². The zero-order chi connectivity index (χ0) is 19.2. The maximum absolute atomic E-state index is 12.7. The van der Waals surface area contributed by atoms with Crippen LogP contribution >= 0.6 is 0 Å². The number of anilines is 1. The Balaban J connectivity index is 1.80. The van der Waals surface area contributed by atoms with Gasteiger partial charge in [0.1, 0.15) is 24.1 Å². The Kier molecular flexibility index (Phi) is 5.71. The zero-order valence-electron chi connectivity index (χ0n) is 15.1. The summed E-state index contributed by atoms with van der Waals surface area (Å²) in [6.07, 6.45) is 0.840. The second-order valence-electron chi connectivity index (χ2n) is 5.81. The lowest BCUT2D eigenvalue weighted by Crippen LogP contribution is -2.68. The van der Waals surface area contributed by atoms with E-state index < -0.39 is 18.1 Å². The molecule has 0 N–H and O–H groups in total. The fraction of sp³-hybridized carbons (Fsp3) is 0.250. The molecule has 0 saturated carbocycles. The number of hydrogen-bond donors (Lipinski definition) is 0. The summed E-state index contributed by atoms with van der Waals surface area (Å²) in [6, 6.07) is 15.8. The van der Waals surface area contributed by atoms with Gasteiger partial charge in [-0.15, -0.1) is 0 Å². The van der Waals surface area contributed by atoms with E-state index >= 15 is 0 Å². The molecule has 1 amide bonds. The number of carbonyl (C=O) groups excluding carboxylic acids is 2. The number of ether oxygens (including phenoxy) is 3. The summed E-state index contributed by atoms with van der Waals surface area (Å²) < 4.78 is 15.6. The second-order valence-corrected chi connectivity index (χ2v) is 5.81. The Hall–Kier alpha value is -3.35. The smallest absolute Gasteiger partial charge is 0.327 e. The van der Waals surface area contributed by atoms with Crippen LogP contribution < -0.4 is 14.4 Å². The average molecular weight is 368 g/mol. The van der Waals surface area contributed by atoms with Gasteiger partial charge in [0, 0.05) is 11.9 Å². The molecule has 0 spiro atoms. The second kappa shape index (κ2) is 8.35. The minimum atomic E-state index is -0.712. The molecule has 3 rings (SSSR count). The number of rotatable bonds is 7. The van der Waals surface area contributed by atoms with Crippen molar-refractivity contribution in [3.8, 4) is 11.5 Å². The van der Waals surface area contributed by atoms with E-state index in [0.717, 1.165) is 0 Å². The standard InChI is InChI=1S/C20H20N2O5/c1-25-15-10-8-14(9-11-15)22-17(12-21-13-18(23)26-2)19(20(22)24)27-16-6-4-3-5-7-16/h3-12,17,19H,13H2,1-2H3/t17-,19+/m1/s1. The minimum absolute atomic E-state index is 0.115. The number of benzene rings is 2. The van der Waals surface area contributed by atoms with Gasteiger partial charge in [0.15, 0.2) is 0 Å². The summed E-state index contributed by atoms with van der Waals surface area (Å²) in [4.78, 5) is 29.7. The van der Waals surface area contributed by atoms with Crippen LogP contribution in [0.3, 0.4) is 0 Å². The fourth-order valence-corrected chi connectivity index (χ4v) is 2.74. The van der Waals surface area contributed by atoms with Gasteiger partial charge in [-0.2, -0.15) is 0 Å². The maximum Gasteiger partial charge on any atom is 0.327 e. The predicted molar refractivity (Wildman–Crippen MR) is 101 cm³/mol. The van der Waals surface area contributed by atoms with Crippen LogP contribution in [0.4, 0.5) is 5.69 Å². The van der Waals surface area contributed by atoms with Crippen LogP contribution in [-0.4, -0.2) is 51.0 Å². The number of methoxy groups -OCH3 is 2. The number of carbonyl (C=O) groups is 2. The Morgan fingerprint density at radius 3 is 2.41 bits per heavy atom. The van der Waals surface area contributed by atoms with Crippen LogP contribution in [0.25, 0.3) is 0 Å². The summed E-state index contributed by atoms with van der Waals surface area (Å²) in [5.74, 6) is 0.656. The highest BCUT2D eigenvalue weighted by Crippen LogP contribution is 2.31. The van der Waals surface area contributed by atoms with Crippen molar-refractivity contribution in [1.29, 1.82) is 0 Å². The summed E-state index contributed by atoms with van der Waals surface area (Å²) in [7, 11) is 2.88. The van der Waals surface area contributed by atoms with E-state index in [1.807, 2.05) is 18.2 Å². The van der Waals surface area contributed by atoms with E-state index in [4.69, 9.17) is 9.47 Å². The van der Waals surface area contributed by atoms with Crippen molar-refractivity contribution in [2.75, 3.05) is 25.7 Å². The topological polar surface area (TPSA) is 77.4 Å². The van der Waals surface area contributed by atoms with Crippen LogP contribution in [0.1, 0.15) is 0 Å². The molecule has 7 heteroatoms. The SMILES string of the molecule is COC(=O)CN=C[C@@H]1[C@H](Oc2ccccc2)C(=O)N1c1ccc(OC)cc1. The molecule has 0 bridgehead atoms. The van der Waals surface area contributed by atoms with Crippen molar-refractivity contribution in [3.63, 3.8) is 0 Å². The van der Waals surface area contributed by atoms with Crippen LogP contribution in [-0.2, 0) is 14.3 Å². The molecule has 27 heavy (non-hydrogen) atoms. The lowest BCUT2D eigenvalue weighted by atomic mass is 9.97. The average Bonchev–Trinajstić information content (AvgIpc) is 2.72. The lowest BCUT2D eigenvalue weighted by Gasteiger charge is -2.44. The maximum atomic E-state index is 12.7. The number of β-lactam (4-membered cyclic amide) rings is 1. The third-order valence-electron chi connectivity index (χ3n) is 4.15. The Morgan fingerprint density at radius 2 is 1.78 bits per heavy atom. The third-order valence-corrected chi connectivity index (χ3v) is 4.15. The van der Waals surface area contributed by atoms with Gasteiger partial charge in [-0.05, 0) is 36.4 Å². The highest BCUT2D eigenvalue weighted by atomic mass is 16.5. The van der Waals surface area contributed by atoms with Gasteiger partial charge in [-0.3, -0.25) is 19.5 Å². The first-order valence-corrected chi connectivity index (χ1v) is 8.39. The predicted octanol–water partition coefficient (Wildman–Crippen LogP) is 2.10. The molecule has 0 unspecified atom stereocenters. The van der Waals surface area contributed by atoms with Gasteiger partial charge < -0.3 is 14.2 Å². The van der Waals surface area contributed by atoms with Gasteiger partial charge in [0.2, 0.25) is 6.10 Å². The largest absolute Gasteiger partial charge is 0.497 e. The van der Waals surface area contributed by atoms with Crippen molar-refractivity contribution in [3.05, 3.63) is 54.6 Å². The molecule has 2 atom stereocenters. The number of hydrogen-bond acceptors (Lipinski definition) is 6. The van der Waals surface area contributed by atoms with E-state index in [2.05, 4.69) is 9.73 Å². The van der Waals surface area contributed by atoms with E-state index in [1.165, 1.54) is 7.11 Å². The molecule has 0 aromatic heterocycles. The summed E-state index contributed by atoms with van der Waals surface area (Å²) >= 11 is 0. The van der Waals surface area contributed by atoms with Gasteiger partial charge in [0.05, 0.1) is 14.2 Å². The van der Waals surface area contributed by atoms with Gasteiger partial charge in [-0.1, -0.05) is 18.2 Å². The summed E-state index contributed by atoms with van der Waals surface area (Å²) in [5.41, 5.74) is 0.697. The molecule has 0 aliphatic carbocycles. The molecule has 2 aromatic rings. The monoisotopic (exact) mass is 368 g/mol. The normalized spacial score (nSPS) is 18.9.